The van der Waals surface area contributed by atoms with Crippen molar-refractivity contribution in [2.75, 3.05) is 5.32 Å². The lowest BCUT2D eigenvalue weighted by Gasteiger charge is -2.15. The van der Waals surface area contributed by atoms with Gasteiger partial charge in [0.15, 0.2) is 0 Å². The van der Waals surface area contributed by atoms with E-state index in [1.807, 2.05) is 30.9 Å². The SMILES string of the molecule is Cc1cnc(NC(c2nccs2)C2CC2)nc1. The standard InChI is InChI=1S/C12H14N4S/c1-8-6-14-12(15-7-8)16-10(9-2-3-9)11-13-4-5-17-11/h4-7,9-10H,2-3H2,1H3,(H,14,15,16). The van der Waals surface area contributed by atoms with Crippen molar-refractivity contribution in [2.45, 2.75) is 25.8 Å². The molecule has 0 radical (unpaired) electrons. The molecule has 1 aliphatic carbocycles. The molecule has 0 bridgehead atoms. The number of hydrogen-bond acceptors (Lipinski definition) is 5. The maximum atomic E-state index is 4.39. The minimum absolute atomic E-state index is 0.276. The van der Waals surface area contributed by atoms with Crippen LogP contribution in [-0.4, -0.2) is 15.0 Å². The number of aromatic nitrogens is 3. The highest BCUT2D eigenvalue weighted by Crippen LogP contribution is 2.42. The summed E-state index contributed by atoms with van der Waals surface area (Å²) in [5.74, 6) is 1.38. The topological polar surface area (TPSA) is 50.7 Å². The highest BCUT2D eigenvalue weighted by molar-refractivity contribution is 7.09. The molecule has 0 aliphatic heterocycles. The average Bonchev–Trinajstić information content (AvgIpc) is 3.03. The van der Waals surface area contributed by atoms with E-state index in [2.05, 4.69) is 20.3 Å². The molecule has 1 aliphatic rings. The monoisotopic (exact) mass is 246 g/mol. The molecule has 2 aromatic heterocycles. The number of nitrogens with one attached hydrogen (secondary N) is 1. The molecule has 17 heavy (non-hydrogen) atoms. The van der Waals surface area contributed by atoms with Crippen LogP contribution < -0.4 is 5.32 Å². The number of nitrogens with zero attached hydrogens (tertiary/aromatic N) is 3. The van der Waals surface area contributed by atoms with Gasteiger partial charge in [-0.15, -0.1) is 11.3 Å². The van der Waals surface area contributed by atoms with Gasteiger partial charge in [-0.2, -0.15) is 0 Å². The zero-order valence-electron chi connectivity index (χ0n) is 9.63. The molecular weight excluding hydrogens is 232 g/mol. The highest BCUT2D eigenvalue weighted by Gasteiger charge is 2.34. The summed E-state index contributed by atoms with van der Waals surface area (Å²) in [6, 6.07) is 0.276. The third-order valence-electron chi connectivity index (χ3n) is 2.88. The van der Waals surface area contributed by atoms with Gasteiger partial charge in [-0.1, -0.05) is 0 Å². The van der Waals surface area contributed by atoms with E-state index in [9.17, 15) is 0 Å². The molecule has 1 unspecified atom stereocenters. The Hall–Kier alpha value is -1.49. The summed E-state index contributed by atoms with van der Waals surface area (Å²) in [4.78, 5) is 13.0. The minimum Gasteiger partial charge on any atom is -0.345 e. The first-order valence-electron chi connectivity index (χ1n) is 5.77. The molecule has 0 spiro atoms. The Bertz CT molecular complexity index is 476. The quantitative estimate of drug-likeness (QED) is 0.901. The molecule has 0 aromatic carbocycles. The Kier molecular flexibility index (Phi) is 2.76. The molecular formula is C12H14N4S. The lowest BCUT2D eigenvalue weighted by molar-refractivity contribution is 0.666. The predicted octanol–water partition coefficient (Wildman–Crippen LogP) is 2.80. The van der Waals surface area contributed by atoms with Gasteiger partial charge in [0.25, 0.3) is 0 Å². The summed E-state index contributed by atoms with van der Waals surface area (Å²) in [5.41, 5.74) is 1.08. The van der Waals surface area contributed by atoms with Crippen molar-refractivity contribution >= 4 is 17.3 Å². The van der Waals surface area contributed by atoms with E-state index >= 15 is 0 Å². The molecule has 1 saturated carbocycles. The van der Waals surface area contributed by atoms with E-state index in [0.29, 0.717) is 11.9 Å². The van der Waals surface area contributed by atoms with Crippen molar-refractivity contribution in [2.24, 2.45) is 5.92 Å². The number of hydrogen-bond donors (Lipinski definition) is 1. The van der Waals surface area contributed by atoms with Crippen LogP contribution in [0.3, 0.4) is 0 Å². The molecule has 88 valence electrons. The van der Waals surface area contributed by atoms with Crippen molar-refractivity contribution in [1.29, 1.82) is 0 Å². The zero-order chi connectivity index (χ0) is 11.7. The van der Waals surface area contributed by atoms with Crippen molar-refractivity contribution < 1.29 is 0 Å². The number of rotatable bonds is 4. The van der Waals surface area contributed by atoms with Gasteiger partial charge in [-0.3, -0.25) is 0 Å². The van der Waals surface area contributed by atoms with Crippen molar-refractivity contribution in [1.82, 2.24) is 15.0 Å². The normalized spacial score (nSPS) is 16.8. The maximum Gasteiger partial charge on any atom is 0.223 e. The predicted molar refractivity (Wildman–Crippen MR) is 68.0 cm³/mol. The summed E-state index contributed by atoms with van der Waals surface area (Å²) in [7, 11) is 0. The van der Waals surface area contributed by atoms with Gasteiger partial charge in [0, 0.05) is 24.0 Å². The molecule has 1 fully saturated rings. The van der Waals surface area contributed by atoms with Crippen LogP contribution in [-0.2, 0) is 0 Å². The Balaban J connectivity index is 1.79. The van der Waals surface area contributed by atoms with Gasteiger partial charge in [-0.05, 0) is 31.2 Å². The van der Waals surface area contributed by atoms with E-state index in [1.54, 1.807) is 11.3 Å². The molecule has 2 aromatic rings. The molecule has 5 heteroatoms. The Labute approximate surface area is 104 Å². The average molecular weight is 246 g/mol. The third kappa shape index (κ3) is 2.44. The van der Waals surface area contributed by atoms with E-state index in [1.165, 1.54) is 12.8 Å². The van der Waals surface area contributed by atoms with E-state index < -0.39 is 0 Å². The third-order valence-corrected chi connectivity index (χ3v) is 3.74. The molecule has 3 rings (SSSR count). The van der Waals surface area contributed by atoms with Crippen molar-refractivity contribution in [3.8, 4) is 0 Å². The van der Waals surface area contributed by atoms with Crippen LogP contribution in [0.5, 0.6) is 0 Å². The second kappa shape index (κ2) is 4.41. The first-order chi connectivity index (χ1) is 8.33. The van der Waals surface area contributed by atoms with Crippen LogP contribution in [0.1, 0.15) is 29.5 Å². The van der Waals surface area contributed by atoms with Gasteiger partial charge in [0.1, 0.15) is 5.01 Å². The Morgan fingerprint density at radius 3 is 2.65 bits per heavy atom. The van der Waals surface area contributed by atoms with Gasteiger partial charge in [0.05, 0.1) is 6.04 Å². The fourth-order valence-electron chi connectivity index (χ4n) is 1.81. The summed E-state index contributed by atoms with van der Waals surface area (Å²) in [6.07, 6.45) is 8.06. The van der Waals surface area contributed by atoms with Crippen LogP contribution in [0.2, 0.25) is 0 Å². The number of anilines is 1. The molecule has 1 atom stereocenters. The summed E-state index contributed by atoms with van der Waals surface area (Å²) in [6.45, 7) is 1.99. The smallest absolute Gasteiger partial charge is 0.223 e. The number of aryl methyl sites for hydroxylation is 1. The fourth-order valence-corrected chi connectivity index (χ4v) is 2.59. The van der Waals surface area contributed by atoms with Crippen molar-refractivity contribution in [3.05, 3.63) is 34.5 Å². The van der Waals surface area contributed by atoms with Gasteiger partial charge >= 0.3 is 0 Å². The van der Waals surface area contributed by atoms with Crippen LogP contribution >= 0.6 is 11.3 Å². The van der Waals surface area contributed by atoms with E-state index in [4.69, 9.17) is 0 Å². The minimum atomic E-state index is 0.276. The Morgan fingerprint density at radius 1 is 1.29 bits per heavy atom. The molecule has 0 amide bonds. The van der Waals surface area contributed by atoms with Crippen LogP contribution in [0, 0.1) is 12.8 Å². The lowest BCUT2D eigenvalue weighted by Crippen LogP contribution is -2.14. The van der Waals surface area contributed by atoms with Gasteiger partial charge in [-0.25, -0.2) is 15.0 Å². The first kappa shape index (κ1) is 10.7. The molecule has 2 heterocycles. The van der Waals surface area contributed by atoms with Gasteiger partial charge < -0.3 is 5.32 Å². The summed E-state index contributed by atoms with van der Waals surface area (Å²) >= 11 is 1.69. The molecule has 1 N–H and O–H groups in total. The molecule has 0 saturated heterocycles. The summed E-state index contributed by atoms with van der Waals surface area (Å²) < 4.78 is 0. The van der Waals surface area contributed by atoms with Crippen molar-refractivity contribution in [3.63, 3.8) is 0 Å². The first-order valence-corrected chi connectivity index (χ1v) is 6.65. The molecule has 4 nitrogen and oxygen atoms in total. The number of thiazole rings is 1. The second-order valence-electron chi connectivity index (χ2n) is 4.41. The second-order valence-corrected chi connectivity index (χ2v) is 5.34. The highest BCUT2D eigenvalue weighted by atomic mass is 32.1. The van der Waals surface area contributed by atoms with Crippen LogP contribution in [0.4, 0.5) is 5.95 Å². The van der Waals surface area contributed by atoms with E-state index in [0.717, 1.165) is 10.6 Å². The lowest BCUT2D eigenvalue weighted by atomic mass is 10.2. The van der Waals surface area contributed by atoms with Crippen LogP contribution in [0.25, 0.3) is 0 Å². The van der Waals surface area contributed by atoms with Crippen LogP contribution in [0.15, 0.2) is 24.0 Å². The zero-order valence-corrected chi connectivity index (χ0v) is 10.4. The fraction of sp³-hybridized carbons (Fsp3) is 0.417. The van der Waals surface area contributed by atoms with E-state index in [-0.39, 0.29) is 6.04 Å². The van der Waals surface area contributed by atoms with Gasteiger partial charge in [0.2, 0.25) is 5.95 Å². The summed E-state index contributed by atoms with van der Waals surface area (Å²) in [5, 5.41) is 6.55. The maximum absolute atomic E-state index is 4.39. The largest absolute Gasteiger partial charge is 0.345 e. The Morgan fingerprint density at radius 2 is 2.06 bits per heavy atom.